The minimum Gasteiger partial charge on any atom is -0.493 e. The van der Waals surface area contributed by atoms with E-state index in [4.69, 9.17) is 9.47 Å². The van der Waals surface area contributed by atoms with Gasteiger partial charge in [0.25, 0.3) is 11.6 Å². The molecule has 0 fully saturated rings. The van der Waals surface area contributed by atoms with Crippen molar-refractivity contribution in [3.63, 3.8) is 0 Å². The van der Waals surface area contributed by atoms with Gasteiger partial charge < -0.3 is 14.8 Å². The molecule has 0 heterocycles. The summed E-state index contributed by atoms with van der Waals surface area (Å²) >= 11 is 0. The molecule has 0 aliphatic rings. The van der Waals surface area contributed by atoms with Crippen molar-refractivity contribution in [2.75, 3.05) is 13.7 Å². The zero-order valence-corrected chi connectivity index (χ0v) is 16.5. The number of nitro benzene ring substituents is 1. The second kappa shape index (κ2) is 8.60. The first kappa shape index (κ1) is 20.1. The van der Waals surface area contributed by atoms with Gasteiger partial charge in [-0.25, -0.2) is 0 Å². The third-order valence-electron chi connectivity index (χ3n) is 4.66. The van der Waals surface area contributed by atoms with E-state index in [1.54, 1.807) is 6.92 Å². The second-order valence-corrected chi connectivity index (χ2v) is 6.47. The maximum absolute atomic E-state index is 12.9. The lowest BCUT2D eigenvalue weighted by atomic mass is 9.99. The maximum Gasteiger partial charge on any atom is 0.286 e. The Balaban J connectivity index is 1.97. The average molecular weight is 394 g/mol. The van der Waals surface area contributed by atoms with Crippen molar-refractivity contribution in [2.45, 2.75) is 19.9 Å². The maximum atomic E-state index is 12.9. The molecule has 29 heavy (non-hydrogen) atoms. The number of ether oxygens (including phenoxy) is 2. The topological polar surface area (TPSA) is 90.7 Å². The summed E-state index contributed by atoms with van der Waals surface area (Å²) in [7, 11) is 1.39. The molecule has 150 valence electrons. The Bertz CT molecular complexity index is 1060. The molecule has 1 atom stereocenters. The van der Waals surface area contributed by atoms with E-state index in [1.807, 2.05) is 49.4 Å². The number of nitrogens with zero attached hydrogens (tertiary/aromatic N) is 1. The van der Waals surface area contributed by atoms with Gasteiger partial charge in [0.2, 0.25) is 0 Å². The number of carbonyl (C=O) groups is 1. The Morgan fingerprint density at radius 2 is 1.86 bits per heavy atom. The van der Waals surface area contributed by atoms with Crippen LogP contribution < -0.4 is 14.8 Å². The predicted molar refractivity (Wildman–Crippen MR) is 111 cm³/mol. The molecule has 0 aliphatic heterocycles. The van der Waals surface area contributed by atoms with Gasteiger partial charge in [-0.3, -0.25) is 14.9 Å². The molecule has 0 bridgehead atoms. The summed E-state index contributed by atoms with van der Waals surface area (Å²) in [6.07, 6.45) is 0. The number of amides is 1. The van der Waals surface area contributed by atoms with E-state index < -0.39 is 10.8 Å². The molecule has 1 amide bonds. The van der Waals surface area contributed by atoms with Crippen LogP contribution in [0.15, 0.2) is 54.6 Å². The number of fused-ring (bicyclic) bond motifs is 1. The molecule has 7 heteroatoms. The fourth-order valence-corrected chi connectivity index (χ4v) is 3.29. The van der Waals surface area contributed by atoms with Crippen LogP contribution in [0, 0.1) is 10.1 Å². The van der Waals surface area contributed by atoms with Crippen LogP contribution in [-0.4, -0.2) is 24.5 Å². The Hall–Kier alpha value is -3.61. The fraction of sp³-hybridized carbons (Fsp3) is 0.227. The monoisotopic (exact) mass is 394 g/mol. The Kier molecular flexibility index (Phi) is 5.97. The van der Waals surface area contributed by atoms with Crippen LogP contribution in [0.3, 0.4) is 0 Å². The fourth-order valence-electron chi connectivity index (χ4n) is 3.29. The van der Waals surface area contributed by atoms with Gasteiger partial charge in [0.05, 0.1) is 30.7 Å². The summed E-state index contributed by atoms with van der Waals surface area (Å²) in [5.41, 5.74) is 0.511. The molecular formula is C22H22N2O5. The standard InChI is InChI=1S/C22H22N2O5/c1-4-29-21-12-18(19(24(26)27)13-20(21)28-3)22(25)23-14(2)16-11-7-9-15-8-5-6-10-17(15)16/h5-14H,4H2,1-3H3,(H,23,25). The summed E-state index contributed by atoms with van der Waals surface area (Å²) in [5, 5.41) is 16.5. The van der Waals surface area contributed by atoms with Gasteiger partial charge in [-0.2, -0.15) is 0 Å². The Morgan fingerprint density at radius 3 is 2.55 bits per heavy atom. The summed E-state index contributed by atoms with van der Waals surface area (Å²) in [6, 6.07) is 15.9. The lowest BCUT2D eigenvalue weighted by molar-refractivity contribution is -0.385. The number of nitrogens with one attached hydrogen (secondary N) is 1. The zero-order chi connectivity index (χ0) is 21.0. The van der Waals surface area contributed by atoms with E-state index in [0.717, 1.165) is 16.3 Å². The van der Waals surface area contributed by atoms with Gasteiger partial charge in [-0.1, -0.05) is 42.5 Å². The van der Waals surface area contributed by atoms with Crippen LogP contribution in [0.4, 0.5) is 5.69 Å². The molecule has 3 rings (SSSR count). The second-order valence-electron chi connectivity index (χ2n) is 6.47. The lowest BCUT2D eigenvalue weighted by Crippen LogP contribution is -2.27. The summed E-state index contributed by atoms with van der Waals surface area (Å²) in [4.78, 5) is 23.9. The van der Waals surface area contributed by atoms with Crippen molar-refractivity contribution in [3.8, 4) is 11.5 Å². The van der Waals surface area contributed by atoms with E-state index in [-0.39, 0.29) is 28.8 Å². The first-order valence-corrected chi connectivity index (χ1v) is 9.24. The minimum absolute atomic E-state index is 0.0775. The molecule has 0 aliphatic carbocycles. The normalized spacial score (nSPS) is 11.7. The molecule has 3 aromatic carbocycles. The van der Waals surface area contributed by atoms with Crippen LogP contribution in [0.25, 0.3) is 10.8 Å². The van der Waals surface area contributed by atoms with Crippen molar-refractivity contribution in [1.82, 2.24) is 5.32 Å². The summed E-state index contributed by atoms with van der Waals surface area (Å²) in [5.74, 6) is -0.0680. The smallest absolute Gasteiger partial charge is 0.286 e. The Morgan fingerprint density at radius 1 is 1.14 bits per heavy atom. The number of methoxy groups -OCH3 is 1. The molecule has 0 saturated heterocycles. The highest BCUT2D eigenvalue weighted by molar-refractivity contribution is 5.99. The minimum atomic E-state index is -0.601. The van der Waals surface area contributed by atoms with E-state index in [0.29, 0.717) is 6.61 Å². The SMILES string of the molecule is CCOc1cc(C(=O)NC(C)c2cccc3ccccc23)c([N+](=O)[O-])cc1OC. The third-order valence-corrected chi connectivity index (χ3v) is 4.66. The number of rotatable bonds is 7. The van der Waals surface area contributed by atoms with Gasteiger partial charge in [-0.05, 0) is 30.2 Å². The summed E-state index contributed by atoms with van der Waals surface area (Å²) in [6.45, 7) is 3.96. The number of hydrogen-bond acceptors (Lipinski definition) is 5. The molecule has 3 aromatic rings. The molecule has 1 N–H and O–H groups in total. The third kappa shape index (κ3) is 4.13. The summed E-state index contributed by atoms with van der Waals surface area (Å²) < 4.78 is 10.6. The van der Waals surface area contributed by atoms with Crippen molar-refractivity contribution < 1.29 is 19.2 Å². The highest BCUT2D eigenvalue weighted by Crippen LogP contribution is 2.35. The number of carbonyl (C=O) groups excluding carboxylic acids is 1. The van der Waals surface area contributed by atoms with Crippen molar-refractivity contribution >= 4 is 22.4 Å². The van der Waals surface area contributed by atoms with E-state index in [2.05, 4.69) is 5.32 Å². The Labute approximate surface area is 168 Å². The van der Waals surface area contributed by atoms with Gasteiger partial charge >= 0.3 is 0 Å². The molecule has 0 spiro atoms. The zero-order valence-electron chi connectivity index (χ0n) is 16.5. The van der Waals surface area contributed by atoms with Crippen LogP contribution in [-0.2, 0) is 0 Å². The predicted octanol–water partition coefficient (Wildman–Crippen LogP) is 4.65. The number of benzene rings is 3. The van der Waals surface area contributed by atoms with Gasteiger partial charge in [0.1, 0.15) is 5.56 Å². The van der Waals surface area contributed by atoms with Crippen molar-refractivity contribution in [1.29, 1.82) is 0 Å². The van der Waals surface area contributed by atoms with Crippen LogP contribution in [0.1, 0.15) is 35.8 Å². The number of hydrogen-bond donors (Lipinski definition) is 1. The largest absolute Gasteiger partial charge is 0.493 e. The van der Waals surface area contributed by atoms with Gasteiger partial charge in [-0.15, -0.1) is 0 Å². The quantitative estimate of drug-likeness (QED) is 0.465. The highest BCUT2D eigenvalue weighted by Gasteiger charge is 2.26. The first-order chi connectivity index (χ1) is 14.0. The van der Waals surface area contributed by atoms with E-state index in [1.165, 1.54) is 19.2 Å². The average Bonchev–Trinajstić information content (AvgIpc) is 2.72. The van der Waals surface area contributed by atoms with Crippen LogP contribution >= 0.6 is 0 Å². The van der Waals surface area contributed by atoms with Gasteiger partial charge in [0, 0.05) is 6.07 Å². The molecule has 0 radical (unpaired) electrons. The molecule has 1 unspecified atom stereocenters. The number of nitro groups is 1. The molecular weight excluding hydrogens is 372 g/mol. The van der Waals surface area contributed by atoms with Crippen molar-refractivity contribution in [2.24, 2.45) is 0 Å². The van der Waals surface area contributed by atoms with Crippen molar-refractivity contribution in [3.05, 3.63) is 75.8 Å². The first-order valence-electron chi connectivity index (χ1n) is 9.24. The van der Waals surface area contributed by atoms with E-state index >= 15 is 0 Å². The van der Waals surface area contributed by atoms with Crippen LogP contribution in [0.5, 0.6) is 11.5 Å². The molecule has 0 aromatic heterocycles. The van der Waals surface area contributed by atoms with E-state index in [9.17, 15) is 14.9 Å². The lowest BCUT2D eigenvalue weighted by Gasteiger charge is -2.17. The molecule has 7 nitrogen and oxygen atoms in total. The van der Waals surface area contributed by atoms with Gasteiger partial charge in [0.15, 0.2) is 11.5 Å². The van der Waals surface area contributed by atoms with Crippen LogP contribution in [0.2, 0.25) is 0 Å². The highest BCUT2D eigenvalue weighted by atomic mass is 16.6. The molecule has 0 saturated carbocycles.